The minimum atomic E-state index is -0.148. The normalized spacial score (nSPS) is 20.4. The Balaban J connectivity index is 0.00000176. The Morgan fingerprint density at radius 2 is 2.27 bits per heavy atom. The predicted octanol–water partition coefficient (Wildman–Crippen LogP) is 1.55. The number of rotatable bonds is 3. The molecule has 0 saturated carbocycles. The maximum absolute atomic E-state index is 12.4. The molecule has 7 heteroatoms. The summed E-state index contributed by atoms with van der Waals surface area (Å²) in [6.07, 6.45) is 4.08. The maximum Gasteiger partial charge on any atom is 0.238 e. The van der Waals surface area contributed by atoms with Crippen LogP contribution in [-0.4, -0.2) is 33.1 Å². The van der Waals surface area contributed by atoms with Crippen LogP contribution in [0.1, 0.15) is 32.5 Å². The van der Waals surface area contributed by atoms with E-state index in [0.29, 0.717) is 6.54 Å². The van der Waals surface area contributed by atoms with Crippen LogP contribution in [-0.2, 0) is 11.3 Å². The SMILES string of the molecule is CC1(C)CCCNC1C(=O)NCc1nnc2ccccn12.Cl. The predicted molar refractivity (Wildman–Crippen MR) is 86.9 cm³/mol. The van der Waals surface area contributed by atoms with Gasteiger partial charge in [-0.05, 0) is 36.9 Å². The fourth-order valence-corrected chi connectivity index (χ4v) is 2.94. The second kappa shape index (κ2) is 6.62. The average molecular weight is 324 g/mol. The molecular weight excluding hydrogens is 302 g/mol. The van der Waals surface area contributed by atoms with Crippen molar-refractivity contribution in [1.82, 2.24) is 25.2 Å². The monoisotopic (exact) mass is 323 g/mol. The van der Waals surface area contributed by atoms with Crippen LogP contribution in [0.3, 0.4) is 0 Å². The number of hydrogen-bond acceptors (Lipinski definition) is 4. The summed E-state index contributed by atoms with van der Waals surface area (Å²) < 4.78 is 1.89. The molecule has 1 unspecified atom stereocenters. The minimum absolute atomic E-state index is 0. The van der Waals surface area contributed by atoms with Crippen molar-refractivity contribution in [2.75, 3.05) is 6.54 Å². The lowest BCUT2D eigenvalue weighted by molar-refractivity contribution is -0.127. The van der Waals surface area contributed by atoms with Crippen molar-refractivity contribution in [3.8, 4) is 0 Å². The van der Waals surface area contributed by atoms with Crippen LogP contribution in [0.4, 0.5) is 0 Å². The van der Waals surface area contributed by atoms with Gasteiger partial charge in [-0.15, -0.1) is 22.6 Å². The van der Waals surface area contributed by atoms with Crippen LogP contribution in [0.15, 0.2) is 24.4 Å². The summed E-state index contributed by atoms with van der Waals surface area (Å²) in [6, 6.07) is 5.59. The van der Waals surface area contributed by atoms with Crippen molar-refractivity contribution >= 4 is 24.0 Å². The van der Waals surface area contributed by atoms with Crippen LogP contribution in [0.25, 0.3) is 5.65 Å². The lowest BCUT2D eigenvalue weighted by Crippen LogP contribution is -2.55. The van der Waals surface area contributed by atoms with Gasteiger partial charge in [-0.3, -0.25) is 9.20 Å². The summed E-state index contributed by atoms with van der Waals surface area (Å²) in [4.78, 5) is 12.4. The number of pyridine rings is 1. The Kier molecular flexibility index (Phi) is 5.03. The molecule has 2 aromatic heterocycles. The summed E-state index contributed by atoms with van der Waals surface area (Å²) in [6.45, 7) is 5.55. The average Bonchev–Trinajstić information content (AvgIpc) is 2.87. The lowest BCUT2D eigenvalue weighted by atomic mass is 9.77. The van der Waals surface area contributed by atoms with Gasteiger partial charge < -0.3 is 10.6 Å². The quantitative estimate of drug-likeness (QED) is 0.899. The Morgan fingerprint density at radius 1 is 1.45 bits per heavy atom. The maximum atomic E-state index is 12.4. The van der Waals surface area contributed by atoms with Gasteiger partial charge in [-0.1, -0.05) is 19.9 Å². The zero-order chi connectivity index (χ0) is 14.9. The zero-order valence-electron chi connectivity index (χ0n) is 12.9. The van der Waals surface area contributed by atoms with Gasteiger partial charge in [0.25, 0.3) is 0 Å². The van der Waals surface area contributed by atoms with Crippen molar-refractivity contribution in [3.63, 3.8) is 0 Å². The summed E-state index contributed by atoms with van der Waals surface area (Å²) in [5, 5.41) is 14.5. The van der Waals surface area contributed by atoms with E-state index in [4.69, 9.17) is 0 Å². The second-order valence-electron chi connectivity index (χ2n) is 6.24. The van der Waals surface area contributed by atoms with Crippen LogP contribution in [0.5, 0.6) is 0 Å². The van der Waals surface area contributed by atoms with E-state index in [0.717, 1.165) is 30.9 Å². The first kappa shape index (κ1) is 16.7. The van der Waals surface area contributed by atoms with Crippen molar-refractivity contribution in [3.05, 3.63) is 30.2 Å². The Labute approximate surface area is 136 Å². The molecule has 1 aliphatic rings. The molecule has 0 radical (unpaired) electrons. The Hall–Kier alpha value is -1.66. The minimum Gasteiger partial charge on any atom is -0.347 e. The van der Waals surface area contributed by atoms with Gasteiger partial charge in [0.05, 0.1) is 12.6 Å². The summed E-state index contributed by atoms with van der Waals surface area (Å²) in [5.41, 5.74) is 0.771. The topological polar surface area (TPSA) is 71.3 Å². The molecule has 120 valence electrons. The highest BCUT2D eigenvalue weighted by atomic mass is 35.5. The highest BCUT2D eigenvalue weighted by molar-refractivity contribution is 5.85. The highest BCUT2D eigenvalue weighted by Crippen LogP contribution is 2.30. The van der Waals surface area contributed by atoms with E-state index in [1.165, 1.54) is 0 Å². The molecule has 0 spiro atoms. The van der Waals surface area contributed by atoms with E-state index >= 15 is 0 Å². The lowest BCUT2D eigenvalue weighted by Gasteiger charge is -2.38. The largest absolute Gasteiger partial charge is 0.347 e. The van der Waals surface area contributed by atoms with Crippen LogP contribution < -0.4 is 10.6 Å². The molecule has 3 heterocycles. The fourth-order valence-electron chi connectivity index (χ4n) is 2.94. The smallest absolute Gasteiger partial charge is 0.238 e. The van der Waals surface area contributed by atoms with Gasteiger partial charge in [-0.25, -0.2) is 0 Å². The number of nitrogens with zero attached hydrogens (tertiary/aromatic N) is 3. The van der Waals surface area contributed by atoms with E-state index in [9.17, 15) is 4.79 Å². The van der Waals surface area contributed by atoms with Crippen molar-refractivity contribution in [1.29, 1.82) is 0 Å². The molecule has 0 aromatic carbocycles. The third-order valence-corrected chi connectivity index (χ3v) is 4.20. The van der Waals surface area contributed by atoms with Crippen molar-refractivity contribution in [2.24, 2.45) is 5.41 Å². The standard InChI is InChI=1S/C15H21N5O.ClH/c1-15(2)7-5-8-16-13(15)14(21)17-10-12-19-18-11-6-3-4-9-20(11)12;/h3-4,6,9,13,16H,5,7-8,10H2,1-2H3,(H,17,21);1H. The third-order valence-electron chi connectivity index (χ3n) is 4.20. The molecule has 1 fully saturated rings. The second-order valence-corrected chi connectivity index (χ2v) is 6.24. The molecule has 0 bridgehead atoms. The van der Waals surface area contributed by atoms with Crippen LogP contribution in [0, 0.1) is 5.41 Å². The van der Waals surface area contributed by atoms with Crippen LogP contribution in [0.2, 0.25) is 0 Å². The number of hydrogen-bond donors (Lipinski definition) is 2. The summed E-state index contributed by atoms with van der Waals surface area (Å²) in [5.74, 6) is 0.778. The molecule has 2 aromatic rings. The number of piperidine rings is 1. The van der Waals surface area contributed by atoms with Crippen molar-refractivity contribution in [2.45, 2.75) is 39.3 Å². The van der Waals surface area contributed by atoms with Gasteiger partial charge in [-0.2, -0.15) is 0 Å². The number of carbonyl (C=O) groups excluding carboxylic acids is 1. The van der Waals surface area contributed by atoms with Crippen molar-refractivity contribution < 1.29 is 4.79 Å². The number of amides is 1. The molecule has 1 saturated heterocycles. The molecule has 3 rings (SSSR count). The first-order valence-electron chi connectivity index (χ1n) is 7.38. The number of aromatic nitrogens is 3. The first-order valence-corrected chi connectivity index (χ1v) is 7.38. The molecule has 0 aliphatic carbocycles. The van der Waals surface area contributed by atoms with E-state index in [1.807, 2.05) is 28.8 Å². The van der Waals surface area contributed by atoms with Gasteiger partial charge in [0.2, 0.25) is 5.91 Å². The fraction of sp³-hybridized carbons (Fsp3) is 0.533. The molecule has 2 N–H and O–H groups in total. The van der Waals surface area contributed by atoms with Gasteiger partial charge >= 0.3 is 0 Å². The highest BCUT2D eigenvalue weighted by Gasteiger charge is 2.36. The molecule has 1 amide bonds. The molecule has 1 aliphatic heterocycles. The van der Waals surface area contributed by atoms with Gasteiger partial charge in [0.1, 0.15) is 0 Å². The zero-order valence-corrected chi connectivity index (χ0v) is 13.7. The Bertz CT molecular complexity index is 654. The summed E-state index contributed by atoms with van der Waals surface area (Å²) >= 11 is 0. The Morgan fingerprint density at radius 3 is 3.05 bits per heavy atom. The first-order chi connectivity index (χ1) is 10.1. The molecular formula is C15H22ClN5O. The van der Waals surface area contributed by atoms with E-state index in [-0.39, 0.29) is 29.8 Å². The molecule has 6 nitrogen and oxygen atoms in total. The number of nitrogens with one attached hydrogen (secondary N) is 2. The molecule has 22 heavy (non-hydrogen) atoms. The molecule has 1 atom stereocenters. The third kappa shape index (κ3) is 3.23. The van der Waals surface area contributed by atoms with E-state index < -0.39 is 0 Å². The van der Waals surface area contributed by atoms with Gasteiger partial charge in [0, 0.05) is 6.20 Å². The summed E-state index contributed by atoms with van der Waals surface area (Å²) in [7, 11) is 0. The number of halogens is 1. The van der Waals surface area contributed by atoms with E-state index in [2.05, 4.69) is 34.7 Å². The van der Waals surface area contributed by atoms with Gasteiger partial charge in [0.15, 0.2) is 11.5 Å². The number of carbonyl (C=O) groups is 1. The van der Waals surface area contributed by atoms with Crippen LogP contribution >= 0.6 is 12.4 Å². The number of fused-ring (bicyclic) bond motifs is 1. The van der Waals surface area contributed by atoms with E-state index in [1.54, 1.807) is 0 Å².